The molecule has 27 heavy (non-hydrogen) atoms. The lowest BCUT2D eigenvalue weighted by Gasteiger charge is -2.16. The molecule has 0 aliphatic heterocycles. The number of hydrogen-bond acceptors (Lipinski definition) is 5. The number of halogens is 2. The Kier molecular flexibility index (Phi) is 7.57. The standard InChI is InChI=1S/C18H18Cl2N2O5/c1-11(27-16-7-6-12(19)8-15(16)20)18(24)22-21-17(23)10-26-14-5-3-4-13(9-14)25-2/h3-9,11H,10H2,1-2H3,(H,21,23)(H,22,24)/t11-/m0/s1. The first-order chi connectivity index (χ1) is 12.9. The molecule has 1 atom stereocenters. The van der Waals surface area contributed by atoms with Crippen molar-refractivity contribution in [1.29, 1.82) is 0 Å². The van der Waals surface area contributed by atoms with E-state index < -0.39 is 17.9 Å². The third kappa shape index (κ3) is 6.54. The van der Waals surface area contributed by atoms with Gasteiger partial charge in [-0.3, -0.25) is 20.4 Å². The molecule has 0 saturated heterocycles. The van der Waals surface area contributed by atoms with Crippen LogP contribution in [-0.2, 0) is 9.59 Å². The molecule has 0 aliphatic rings. The van der Waals surface area contributed by atoms with Gasteiger partial charge in [0.25, 0.3) is 11.8 Å². The number of hydrazine groups is 1. The number of hydrogen-bond donors (Lipinski definition) is 2. The Morgan fingerprint density at radius 3 is 2.52 bits per heavy atom. The van der Waals surface area contributed by atoms with Gasteiger partial charge in [0.15, 0.2) is 12.7 Å². The first kappa shape index (κ1) is 20.7. The molecule has 2 amide bonds. The minimum Gasteiger partial charge on any atom is -0.497 e. The topological polar surface area (TPSA) is 85.9 Å². The van der Waals surface area contributed by atoms with Crippen molar-refractivity contribution in [2.45, 2.75) is 13.0 Å². The van der Waals surface area contributed by atoms with Gasteiger partial charge in [0, 0.05) is 11.1 Å². The summed E-state index contributed by atoms with van der Waals surface area (Å²) in [6.07, 6.45) is -0.900. The van der Waals surface area contributed by atoms with E-state index in [2.05, 4.69) is 10.9 Å². The zero-order chi connectivity index (χ0) is 19.8. The maximum atomic E-state index is 12.0. The second-order valence-corrected chi connectivity index (χ2v) is 6.18. The second kappa shape index (κ2) is 9.89. The highest BCUT2D eigenvalue weighted by molar-refractivity contribution is 6.35. The van der Waals surface area contributed by atoms with Crippen molar-refractivity contribution in [1.82, 2.24) is 10.9 Å². The highest BCUT2D eigenvalue weighted by atomic mass is 35.5. The predicted octanol–water partition coefficient (Wildman–Crippen LogP) is 3.00. The lowest BCUT2D eigenvalue weighted by molar-refractivity contribution is -0.133. The van der Waals surface area contributed by atoms with Gasteiger partial charge in [0.05, 0.1) is 12.1 Å². The number of benzene rings is 2. The van der Waals surface area contributed by atoms with E-state index in [1.807, 2.05) is 0 Å². The van der Waals surface area contributed by atoms with Crippen molar-refractivity contribution >= 4 is 35.0 Å². The largest absolute Gasteiger partial charge is 0.497 e. The molecule has 7 nitrogen and oxygen atoms in total. The van der Waals surface area contributed by atoms with Gasteiger partial charge < -0.3 is 14.2 Å². The van der Waals surface area contributed by atoms with Crippen molar-refractivity contribution in [3.05, 3.63) is 52.5 Å². The molecule has 144 valence electrons. The van der Waals surface area contributed by atoms with E-state index in [1.54, 1.807) is 36.4 Å². The molecule has 0 unspecified atom stereocenters. The van der Waals surface area contributed by atoms with Crippen LogP contribution in [0.4, 0.5) is 0 Å². The summed E-state index contributed by atoms with van der Waals surface area (Å²) < 4.78 is 15.8. The Morgan fingerprint density at radius 2 is 1.81 bits per heavy atom. The van der Waals surface area contributed by atoms with E-state index in [4.69, 9.17) is 37.4 Å². The molecule has 2 rings (SSSR count). The molecule has 2 aromatic carbocycles. The third-order valence-electron chi connectivity index (χ3n) is 3.30. The number of carbonyl (C=O) groups is 2. The summed E-state index contributed by atoms with van der Waals surface area (Å²) in [6, 6.07) is 11.4. The maximum Gasteiger partial charge on any atom is 0.279 e. The Labute approximate surface area is 166 Å². The van der Waals surface area contributed by atoms with Gasteiger partial charge in [0.2, 0.25) is 0 Å². The molecule has 0 heterocycles. The molecule has 0 saturated carbocycles. The number of rotatable bonds is 7. The van der Waals surface area contributed by atoms with Crippen molar-refractivity contribution in [2.75, 3.05) is 13.7 Å². The molecule has 0 aliphatic carbocycles. The number of nitrogens with one attached hydrogen (secondary N) is 2. The third-order valence-corrected chi connectivity index (χ3v) is 3.83. The zero-order valence-corrected chi connectivity index (χ0v) is 16.1. The van der Waals surface area contributed by atoms with Crippen molar-refractivity contribution in [2.24, 2.45) is 0 Å². The van der Waals surface area contributed by atoms with Crippen LogP contribution >= 0.6 is 23.2 Å². The van der Waals surface area contributed by atoms with Crippen LogP contribution in [0.25, 0.3) is 0 Å². The van der Waals surface area contributed by atoms with Gasteiger partial charge in [-0.1, -0.05) is 29.3 Å². The van der Waals surface area contributed by atoms with E-state index in [9.17, 15) is 9.59 Å². The van der Waals surface area contributed by atoms with Crippen LogP contribution in [0.5, 0.6) is 17.2 Å². The van der Waals surface area contributed by atoms with E-state index in [-0.39, 0.29) is 11.6 Å². The van der Waals surface area contributed by atoms with Crippen LogP contribution in [0.3, 0.4) is 0 Å². The summed E-state index contributed by atoms with van der Waals surface area (Å²) in [4.78, 5) is 23.8. The smallest absolute Gasteiger partial charge is 0.279 e. The number of methoxy groups -OCH3 is 1. The van der Waals surface area contributed by atoms with Crippen LogP contribution in [0.2, 0.25) is 10.0 Å². The summed E-state index contributed by atoms with van der Waals surface area (Å²) >= 11 is 11.8. The second-order valence-electron chi connectivity index (χ2n) is 5.34. The van der Waals surface area contributed by atoms with E-state index in [1.165, 1.54) is 20.1 Å². The quantitative estimate of drug-likeness (QED) is 0.682. The normalized spacial score (nSPS) is 11.3. The van der Waals surface area contributed by atoms with Crippen LogP contribution < -0.4 is 25.1 Å². The highest BCUT2D eigenvalue weighted by Gasteiger charge is 2.17. The molecular formula is C18H18Cl2N2O5. The molecular weight excluding hydrogens is 395 g/mol. The van der Waals surface area contributed by atoms with Gasteiger partial charge in [-0.05, 0) is 37.3 Å². The molecule has 0 radical (unpaired) electrons. The van der Waals surface area contributed by atoms with Gasteiger partial charge in [-0.25, -0.2) is 0 Å². The minimum atomic E-state index is -0.900. The first-order valence-corrected chi connectivity index (χ1v) is 8.62. The fourth-order valence-corrected chi connectivity index (χ4v) is 2.38. The number of carbonyl (C=O) groups excluding carboxylic acids is 2. The molecule has 0 bridgehead atoms. The summed E-state index contributed by atoms with van der Waals surface area (Å²) in [5, 5.41) is 0.727. The highest BCUT2D eigenvalue weighted by Crippen LogP contribution is 2.28. The SMILES string of the molecule is COc1cccc(OCC(=O)NNC(=O)[C@H](C)Oc2ccc(Cl)cc2Cl)c1. The van der Waals surface area contributed by atoms with Crippen molar-refractivity contribution in [3.63, 3.8) is 0 Å². The predicted molar refractivity (Wildman–Crippen MR) is 101 cm³/mol. The Hall–Kier alpha value is -2.64. The fraction of sp³-hybridized carbons (Fsp3) is 0.222. The molecule has 2 N–H and O–H groups in total. The van der Waals surface area contributed by atoms with Crippen LogP contribution in [-0.4, -0.2) is 31.6 Å². The summed E-state index contributed by atoms with van der Waals surface area (Å²) in [6.45, 7) is 1.23. The van der Waals surface area contributed by atoms with Crippen molar-refractivity contribution in [3.8, 4) is 17.2 Å². The van der Waals surface area contributed by atoms with E-state index in [0.29, 0.717) is 22.3 Å². The average molecular weight is 413 g/mol. The zero-order valence-electron chi connectivity index (χ0n) is 14.6. The molecule has 0 aromatic heterocycles. The number of amides is 2. The van der Waals surface area contributed by atoms with Gasteiger partial charge >= 0.3 is 0 Å². The van der Waals surface area contributed by atoms with Crippen LogP contribution in [0, 0.1) is 0 Å². The molecule has 0 spiro atoms. The average Bonchev–Trinajstić information content (AvgIpc) is 2.66. The Balaban J connectivity index is 1.77. The fourth-order valence-electron chi connectivity index (χ4n) is 1.92. The number of ether oxygens (including phenoxy) is 3. The Bertz CT molecular complexity index is 816. The lowest BCUT2D eigenvalue weighted by atomic mass is 10.3. The lowest BCUT2D eigenvalue weighted by Crippen LogP contribution is -2.48. The molecule has 0 fully saturated rings. The van der Waals surface area contributed by atoms with Crippen LogP contribution in [0.1, 0.15) is 6.92 Å². The molecule has 2 aromatic rings. The Morgan fingerprint density at radius 1 is 1.07 bits per heavy atom. The van der Waals surface area contributed by atoms with E-state index in [0.717, 1.165) is 0 Å². The monoisotopic (exact) mass is 412 g/mol. The maximum absolute atomic E-state index is 12.0. The van der Waals surface area contributed by atoms with E-state index >= 15 is 0 Å². The summed E-state index contributed by atoms with van der Waals surface area (Å²) in [5.41, 5.74) is 4.50. The van der Waals surface area contributed by atoms with Gasteiger partial charge in [0.1, 0.15) is 17.2 Å². The first-order valence-electron chi connectivity index (χ1n) is 7.86. The van der Waals surface area contributed by atoms with Gasteiger partial charge in [-0.15, -0.1) is 0 Å². The van der Waals surface area contributed by atoms with Gasteiger partial charge in [-0.2, -0.15) is 0 Å². The summed E-state index contributed by atoms with van der Waals surface area (Å²) in [5.74, 6) is 0.271. The summed E-state index contributed by atoms with van der Waals surface area (Å²) in [7, 11) is 1.53. The minimum absolute atomic E-state index is 0.276. The molecule has 9 heteroatoms. The van der Waals surface area contributed by atoms with Crippen molar-refractivity contribution < 1.29 is 23.8 Å². The van der Waals surface area contributed by atoms with Crippen LogP contribution in [0.15, 0.2) is 42.5 Å².